The van der Waals surface area contributed by atoms with E-state index in [4.69, 9.17) is 16.3 Å². The van der Waals surface area contributed by atoms with Crippen molar-refractivity contribution in [2.24, 2.45) is 0 Å². The van der Waals surface area contributed by atoms with Crippen molar-refractivity contribution in [1.29, 1.82) is 0 Å². The summed E-state index contributed by atoms with van der Waals surface area (Å²) in [6.45, 7) is 4.74. The van der Waals surface area contributed by atoms with Gasteiger partial charge in [0.15, 0.2) is 0 Å². The summed E-state index contributed by atoms with van der Waals surface area (Å²) >= 11 is 6.08. The van der Waals surface area contributed by atoms with Gasteiger partial charge in [-0.1, -0.05) is 17.7 Å². The molecule has 0 fully saturated rings. The van der Waals surface area contributed by atoms with Gasteiger partial charge in [-0.25, -0.2) is 4.68 Å². The Morgan fingerprint density at radius 1 is 1.13 bits per heavy atom. The maximum Gasteiger partial charge on any atom is 0.266 e. The van der Waals surface area contributed by atoms with E-state index in [1.165, 1.54) is 10.7 Å². The molecule has 3 rings (SSSR count). The number of benzene rings is 2. The molecule has 0 saturated carbocycles. The van der Waals surface area contributed by atoms with Crippen molar-refractivity contribution in [1.82, 2.24) is 9.78 Å². The fourth-order valence-corrected chi connectivity index (χ4v) is 3.17. The first-order valence-corrected chi connectivity index (χ1v) is 10.2. The van der Waals surface area contributed by atoms with Crippen molar-refractivity contribution in [2.45, 2.75) is 33.2 Å². The van der Waals surface area contributed by atoms with Gasteiger partial charge in [0.2, 0.25) is 5.91 Å². The maximum absolute atomic E-state index is 12.3. The van der Waals surface area contributed by atoms with Gasteiger partial charge in [0.05, 0.1) is 12.3 Å². The van der Waals surface area contributed by atoms with E-state index in [1.807, 2.05) is 44.2 Å². The summed E-state index contributed by atoms with van der Waals surface area (Å²) < 4.78 is 6.84. The monoisotopic (exact) mass is 425 g/mol. The number of ether oxygens (including phenoxy) is 1. The molecule has 0 radical (unpaired) electrons. The molecule has 156 valence electrons. The Labute approximate surface area is 180 Å². The van der Waals surface area contributed by atoms with Crippen molar-refractivity contribution in [3.63, 3.8) is 0 Å². The fourth-order valence-electron chi connectivity index (χ4n) is 3.00. The van der Waals surface area contributed by atoms with Gasteiger partial charge in [-0.2, -0.15) is 5.10 Å². The number of anilines is 1. The Morgan fingerprint density at radius 2 is 1.90 bits per heavy atom. The summed E-state index contributed by atoms with van der Waals surface area (Å²) in [5, 5.41) is 7.91. The van der Waals surface area contributed by atoms with Crippen LogP contribution in [0.25, 0.3) is 11.3 Å². The zero-order valence-corrected chi connectivity index (χ0v) is 17.8. The molecule has 0 saturated heterocycles. The Kier molecular flexibility index (Phi) is 7.25. The third-order valence-corrected chi connectivity index (χ3v) is 5.05. The van der Waals surface area contributed by atoms with E-state index in [0.29, 0.717) is 36.0 Å². The number of hydrogen-bond acceptors (Lipinski definition) is 4. The molecule has 0 bridgehead atoms. The van der Waals surface area contributed by atoms with E-state index < -0.39 is 0 Å². The standard InChI is InChI=1S/C23H24ClN3O3/c1-3-30-18-11-9-17(10-12-18)21-13-14-23(29)27(26-21)15-5-8-22(28)25-20-7-4-6-19(24)16(20)2/h4,6-7,9-14H,3,5,8,15H2,1-2H3,(H,25,28). The number of nitrogens with zero attached hydrogens (tertiary/aromatic N) is 2. The zero-order chi connectivity index (χ0) is 21.5. The average molecular weight is 426 g/mol. The van der Waals surface area contributed by atoms with Crippen LogP contribution < -0.4 is 15.6 Å². The van der Waals surface area contributed by atoms with E-state index in [0.717, 1.165) is 16.9 Å². The highest BCUT2D eigenvalue weighted by atomic mass is 35.5. The number of halogens is 1. The van der Waals surface area contributed by atoms with Gasteiger partial charge in [0, 0.05) is 35.3 Å². The van der Waals surface area contributed by atoms with Crippen LogP contribution in [0.1, 0.15) is 25.3 Å². The van der Waals surface area contributed by atoms with Crippen molar-refractivity contribution < 1.29 is 9.53 Å². The topological polar surface area (TPSA) is 73.2 Å². The second-order valence-electron chi connectivity index (χ2n) is 6.80. The third kappa shape index (κ3) is 5.48. The summed E-state index contributed by atoms with van der Waals surface area (Å²) in [6, 6.07) is 16.1. The van der Waals surface area contributed by atoms with Crippen LogP contribution in [0, 0.1) is 6.92 Å². The number of hydrogen-bond donors (Lipinski definition) is 1. The molecule has 0 spiro atoms. The summed E-state index contributed by atoms with van der Waals surface area (Å²) in [6.07, 6.45) is 0.762. The molecule has 0 aliphatic carbocycles. The Bertz CT molecular complexity index is 1080. The minimum absolute atomic E-state index is 0.129. The molecule has 0 aliphatic heterocycles. The van der Waals surface area contributed by atoms with Crippen molar-refractivity contribution in [3.8, 4) is 17.0 Å². The van der Waals surface area contributed by atoms with Gasteiger partial charge in [-0.15, -0.1) is 0 Å². The van der Waals surface area contributed by atoms with Crippen LogP contribution in [0.3, 0.4) is 0 Å². The van der Waals surface area contributed by atoms with Gasteiger partial charge < -0.3 is 10.1 Å². The molecule has 0 atom stereocenters. The molecule has 30 heavy (non-hydrogen) atoms. The number of rotatable bonds is 8. The number of amides is 1. The van der Waals surface area contributed by atoms with Crippen molar-refractivity contribution in [2.75, 3.05) is 11.9 Å². The lowest BCUT2D eigenvalue weighted by molar-refractivity contribution is -0.116. The molecular formula is C23H24ClN3O3. The zero-order valence-electron chi connectivity index (χ0n) is 17.0. The van der Waals surface area contributed by atoms with Crippen LogP contribution in [-0.4, -0.2) is 22.3 Å². The Morgan fingerprint density at radius 3 is 2.63 bits per heavy atom. The van der Waals surface area contributed by atoms with E-state index in [1.54, 1.807) is 18.2 Å². The highest BCUT2D eigenvalue weighted by Gasteiger charge is 2.08. The molecule has 3 aromatic rings. The third-order valence-electron chi connectivity index (χ3n) is 4.64. The van der Waals surface area contributed by atoms with Crippen molar-refractivity contribution >= 4 is 23.2 Å². The molecular weight excluding hydrogens is 402 g/mol. The minimum atomic E-state index is -0.198. The Balaban J connectivity index is 1.61. The number of nitrogens with one attached hydrogen (secondary N) is 1. The van der Waals surface area contributed by atoms with E-state index in [2.05, 4.69) is 10.4 Å². The van der Waals surface area contributed by atoms with Gasteiger partial charge in [0.25, 0.3) is 5.56 Å². The van der Waals surface area contributed by atoms with Gasteiger partial charge in [-0.3, -0.25) is 9.59 Å². The summed E-state index contributed by atoms with van der Waals surface area (Å²) in [7, 11) is 0. The molecule has 1 N–H and O–H groups in total. The quantitative estimate of drug-likeness (QED) is 0.568. The lowest BCUT2D eigenvalue weighted by atomic mass is 10.1. The highest BCUT2D eigenvalue weighted by Crippen LogP contribution is 2.23. The van der Waals surface area contributed by atoms with Crippen LogP contribution >= 0.6 is 11.6 Å². The van der Waals surface area contributed by atoms with Gasteiger partial charge >= 0.3 is 0 Å². The minimum Gasteiger partial charge on any atom is -0.494 e. The fraction of sp³-hybridized carbons (Fsp3) is 0.261. The molecule has 1 amide bonds. The number of carbonyl (C=O) groups is 1. The number of aromatic nitrogens is 2. The summed E-state index contributed by atoms with van der Waals surface area (Å²) in [5.74, 6) is 0.659. The maximum atomic E-state index is 12.3. The highest BCUT2D eigenvalue weighted by molar-refractivity contribution is 6.31. The summed E-state index contributed by atoms with van der Waals surface area (Å²) in [4.78, 5) is 24.4. The van der Waals surface area contributed by atoms with Gasteiger partial charge in [-0.05, 0) is 68.3 Å². The molecule has 7 heteroatoms. The van der Waals surface area contributed by atoms with Crippen LogP contribution in [0.5, 0.6) is 5.75 Å². The average Bonchev–Trinajstić information content (AvgIpc) is 2.74. The largest absolute Gasteiger partial charge is 0.494 e. The predicted molar refractivity (Wildman–Crippen MR) is 119 cm³/mol. The van der Waals surface area contributed by atoms with Crippen LogP contribution in [0.2, 0.25) is 5.02 Å². The second-order valence-corrected chi connectivity index (χ2v) is 7.21. The lowest BCUT2D eigenvalue weighted by Gasteiger charge is -2.10. The Hall–Kier alpha value is -3.12. The normalized spacial score (nSPS) is 10.6. The second kappa shape index (κ2) is 10.1. The molecule has 2 aromatic carbocycles. The van der Waals surface area contributed by atoms with Crippen molar-refractivity contribution in [3.05, 3.63) is 75.5 Å². The van der Waals surface area contributed by atoms with Crippen LogP contribution in [0.4, 0.5) is 5.69 Å². The van der Waals surface area contributed by atoms with E-state index >= 15 is 0 Å². The van der Waals surface area contributed by atoms with E-state index in [9.17, 15) is 9.59 Å². The number of aryl methyl sites for hydroxylation is 1. The van der Waals surface area contributed by atoms with Crippen LogP contribution in [-0.2, 0) is 11.3 Å². The SMILES string of the molecule is CCOc1ccc(-c2ccc(=O)n(CCCC(=O)Nc3cccc(Cl)c3C)n2)cc1. The molecule has 1 aromatic heterocycles. The first kappa shape index (κ1) is 21.6. The molecule has 0 unspecified atom stereocenters. The first-order chi connectivity index (χ1) is 14.5. The molecule has 0 aliphatic rings. The van der Waals surface area contributed by atoms with E-state index in [-0.39, 0.29) is 17.9 Å². The smallest absolute Gasteiger partial charge is 0.266 e. The van der Waals surface area contributed by atoms with Crippen LogP contribution in [0.15, 0.2) is 59.4 Å². The van der Waals surface area contributed by atoms with Gasteiger partial charge in [0.1, 0.15) is 5.75 Å². The molecule has 1 heterocycles. The predicted octanol–water partition coefficient (Wildman–Crippen LogP) is 4.69. The first-order valence-electron chi connectivity index (χ1n) is 9.84. The summed E-state index contributed by atoms with van der Waals surface area (Å²) in [5.41, 5.74) is 2.91. The lowest BCUT2D eigenvalue weighted by Crippen LogP contribution is -2.23. The number of carbonyl (C=O) groups excluding carboxylic acids is 1. The molecule has 6 nitrogen and oxygen atoms in total.